The lowest BCUT2D eigenvalue weighted by molar-refractivity contribution is -0.116. The molecular formula is C19H23ClN2O3S. The average Bonchev–Trinajstić information content (AvgIpc) is 2.57. The van der Waals surface area contributed by atoms with E-state index in [0.717, 1.165) is 29.5 Å². The Morgan fingerprint density at radius 1 is 1.19 bits per heavy atom. The van der Waals surface area contributed by atoms with E-state index in [-0.39, 0.29) is 18.9 Å². The molecule has 26 heavy (non-hydrogen) atoms. The van der Waals surface area contributed by atoms with E-state index in [1.165, 1.54) is 4.31 Å². The number of rotatable bonds is 7. The molecule has 140 valence electrons. The van der Waals surface area contributed by atoms with Crippen LogP contribution in [0, 0.1) is 6.92 Å². The van der Waals surface area contributed by atoms with Crippen LogP contribution in [0.1, 0.15) is 24.5 Å². The summed E-state index contributed by atoms with van der Waals surface area (Å²) in [7, 11) is -3.53. The summed E-state index contributed by atoms with van der Waals surface area (Å²) in [6.45, 7) is 3.89. The van der Waals surface area contributed by atoms with Crippen LogP contribution in [0.3, 0.4) is 0 Å². The number of hydrogen-bond acceptors (Lipinski definition) is 3. The number of nitrogens with zero attached hydrogens (tertiary/aromatic N) is 1. The summed E-state index contributed by atoms with van der Waals surface area (Å²) in [6, 6.07) is 12.6. The third kappa shape index (κ3) is 5.22. The smallest absolute Gasteiger partial charge is 0.232 e. The molecule has 0 fully saturated rings. The van der Waals surface area contributed by atoms with Crippen LogP contribution in [0.4, 0.5) is 11.4 Å². The van der Waals surface area contributed by atoms with Crippen molar-refractivity contribution in [3.05, 3.63) is 58.6 Å². The fourth-order valence-corrected chi connectivity index (χ4v) is 3.68. The number of aryl methyl sites for hydroxylation is 2. The first-order chi connectivity index (χ1) is 12.2. The molecule has 0 aliphatic rings. The maximum Gasteiger partial charge on any atom is 0.232 e. The molecule has 2 rings (SSSR count). The van der Waals surface area contributed by atoms with Crippen LogP contribution in [0.2, 0.25) is 5.02 Å². The van der Waals surface area contributed by atoms with Gasteiger partial charge in [0.05, 0.1) is 11.9 Å². The van der Waals surface area contributed by atoms with Crippen LogP contribution in [0.25, 0.3) is 0 Å². The second kappa shape index (κ2) is 8.56. The molecule has 0 unspecified atom stereocenters. The van der Waals surface area contributed by atoms with Gasteiger partial charge in [-0.15, -0.1) is 0 Å². The van der Waals surface area contributed by atoms with Gasteiger partial charge in [-0.25, -0.2) is 8.42 Å². The SMILES string of the molecule is CCc1ccccc1NC(=O)CCN(c1ccc(C)c(Cl)c1)S(C)(=O)=O. The number of nitrogens with one attached hydrogen (secondary N) is 1. The van der Waals surface area contributed by atoms with Crippen molar-refractivity contribution in [1.82, 2.24) is 0 Å². The predicted octanol–water partition coefficient (Wildman–Crippen LogP) is 4.01. The van der Waals surface area contributed by atoms with Crippen molar-refractivity contribution in [3.8, 4) is 0 Å². The van der Waals surface area contributed by atoms with E-state index >= 15 is 0 Å². The highest BCUT2D eigenvalue weighted by Crippen LogP contribution is 2.25. The molecule has 5 nitrogen and oxygen atoms in total. The Balaban J connectivity index is 2.12. The van der Waals surface area contributed by atoms with Crippen molar-refractivity contribution in [1.29, 1.82) is 0 Å². The first kappa shape index (κ1) is 20.3. The van der Waals surface area contributed by atoms with Gasteiger partial charge in [0, 0.05) is 23.7 Å². The third-order valence-electron chi connectivity index (χ3n) is 4.06. The van der Waals surface area contributed by atoms with Crippen LogP contribution in [-0.2, 0) is 21.2 Å². The molecule has 7 heteroatoms. The minimum atomic E-state index is -3.53. The van der Waals surface area contributed by atoms with Gasteiger partial charge in [-0.2, -0.15) is 0 Å². The lowest BCUT2D eigenvalue weighted by Gasteiger charge is -2.23. The lowest BCUT2D eigenvalue weighted by Crippen LogP contribution is -2.33. The zero-order valence-electron chi connectivity index (χ0n) is 15.1. The number of sulfonamides is 1. The number of amides is 1. The van der Waals surface area contributed by atoms with E-state index < -0.39 is 10.0 Å². The third-order valence-corrected chi connectivity index (χ3v) is 5.66. The van der Waals surface area contributed by atoms with E-state index in [1.54, 1.807) is 18.2 Å². The maximum absolute atomic E-state index is 12.3. The number of halogens is 1. The molecule has 0 aliphatic carbocycles. The van der Waals surface area contributed by atoms with Gasteiger partial charge in [-0.1, -0.05) is 42.8 Å². The van der Waals surface area contributed by atoms with Gasteiger partial charge in [0.2, 0.25) is 15.9 Å². The van der Waals surface area contributed by atoms with Crippen LogP contribution in [0.15, 0.2) is 42.5 Å². The van der Waals surface area contributed by atoms with Crippen molar-refractivity contribution < 1.29 is 13.2 Å². The van der Waals surface area contributed by atoms with Crippen LogP contribution < -0.4 is 9.62 Å². The Bertz CT molecular complexity index is 897. The van der Waals surface area contributed by atoms with E-state index in [2.05, 4.69) is 5.32 Å². The number of carbonyl (C=O) groups excluding carboxylic acids is 1. The Kier molecular flexibility index (Phi) is 6.67. The molecule has 0 atom stereocenters. The summed E-state index contributed by atoms with van der Waals surface area (Å²) in [6.07, 6.45) is 1.95. The Hall–Kier alpha value is -2.05. The molecular weight excluding hydrogens is 372 g/mol. The second-order valence-electron chi connectivity index (χ2n) is 6.08. The Morgan fingerprint density at radius 2 is 1.88 bits per heavy atom. The van der Waals surface area contributed by atoms with Crippen molar-refractivity contribution in [2.24, 2.45) is 0 Å². The molecule has 0 aliphatic heterocycles. The van der Waals surface area contributed by atoms with Gasteiger partial charge in [0.25, 0.3) is 0 Å². The Morgan fingerprint density at radius 3 is 2.50 bits per heavy atom. The highest BCUT2D eigenvalue weighted by atomic mass is 35.5. The first-order valence-electron chi connectivity index (χ1n) is 8.34. The number of carbonyl (C=O) groups is 1. The van der Waals surface area contributed by atoms with Gasteiger partial charge < -0.3 is 5.32 Å². The number of benzene rings is 2. The summed E-state index contributed by atoms with van der Waals surface area (Å²) >= 11 is 6.11. The summed E-state index contributed by atoms with van der Waals surface area (Å²) in [4.78, 5) is 12.3. The van der Waals surface area contributed by atoms with Gasteiger partial charge in [-0.3, -0.25) is 9.10 Å². The molecule has 0 saturated carbocycles. The minimum absolute atomic E-state index is 0.0383. The first-order valence-corrected chi connectivity index (χ1v) is 10.6. The van der Waals surface area contributed by atoms with Crippen molar-refractivity contribution in [2.45, 2.75) is 26.7 Å². The Labute approximate surface area is 160 Å². The molecule has 0 aromatic heterocycles. The van der Waals surface area contributed by atoms with Crippen molar-refractivity contribution in [3.63, 3.8) is 0 Å². The van der Waals surface area contributed by atoms with Gasteiger partial charge in [-0.05, 0) is 42.7 Å². The fraction of sp³-hybridized carbons (Fsp3) is 0.316. The summed E-state index contributed by atoms with van der Waals surface area (Å²) in [5.74, 6) is -0.238. The molecule has 1 amide bonds. The number of anilines is 2. The standard InChI is InChI=1S/C19H23ClN2O3S/c1-4-15-7-5-6-8-18(15)21-19(23)11-12-22(26(3,24)25)16-10-9-14(2)17(20)13-16/h5-10,13H,4,11-12H2,1-3H3,(H,21,23). The van der Waals surface area contributed by atoms with Gasteiger partial charge in [0.15, 0.2) is 0 Å². The van der Waals surface area contributed by atoms with Gasteiger partial charge in [0.1, 0.15) is 0 Å². The van der Waals surface area contributed by atoms with E-state index in [1.807, 2.05) is 38.1 Å². The topological polar surface area (TPSA) is 66.5 Å². The van der Waals surface area contributed by atoms with E-state index in [9.17, 15) is 13.2 Å². The highest BCUT2D eigenvalue weighted by Gasteiger charge is 2.19. The summed E-state index contributed by atoms with van der Waals surface area (Å²) in [5, 5.41) is 3.34. The molecule has 0 heterocycles. The monoisotopic (exact) mass is 394 g/mol. The van der Waals surface area contributed by atoms with Crippen LogP contribution >= 0.6 is 11.6 Å². The predicted molar refractivity (Wildman–Crippen MR) is 107 cm³/mol. The maximum atomic E-state index is 12.3. The molecule has 2 aromatic carbocycles. The zero-order valence-corrected chi connectivity index (χ0v) is 16.7. The zero-order chi connectivity index (χ0) is 19.3. The second-order valence-corrected chi connectivity index (χ2v) is 8.39. The number of hydrogen-bond donors (Lipinski definition) is 1. The minimum Gasteiger partial charge on any atom is -0.326 e. The molecule has 0 bridgehead atoms. The van der Waals surface area contributed by atoms with Gasteiger partial charge >= 0.3 is 0 Å². The van der Waals surface area contributed by atoms with Crippen LogP contribution in [-0.4, -0.2) is 27.1 Å². The number of para-hydroxylation sites is 1. The summed E-state index contributed by atoms with van der Waals surface area (Å²) in [5.41, 5.74) is 3.10. The van der Waals surface area contributed by atoms with Crippen molar-refractivity contribution >= 4 is 38.9 Å². The molecule has 1 N–H and O–H groups in total. The molecule has 0 radical (unpaired) electrons. The van der Waals surface area contributed by atoms with Crippen LogP contribution in [0.5, 0.6) is 0 Å². The average molecular weight is 395 g/mol. The summed E-state index contributed by atoms with van der Waals surface area (Å²) < 4.78 is 25.5. The van der Waals surface area contributed by atoms with E-state index in [0.29, 0.717) is 10.7 Å². The molecule has 0 saturated heterocycles. The normalized spacial score (nSPS) is 11.2. The molecule has 2 aromatic rings. The quantitative estimate of drug-likeness (QED) is 0.771. The largest absolute Gasteiger partial charge is 0.326 e. The van der Waals surface area contributed by atoms with E-state index in [4.69, 9.17) is 11.6 Å². The highest BCUT2D eigenvalue weighted by molar-refractivity contribution is 7.92. The molecule has 0 spiro atoms. The lowest BCUT2D eigenvalue weighted by atomic mass is 10.1. The van der Waals surface area contributed by atoms with Crippen molar-refractivity contribution in [2.75, 3.05) is 22.4 Å². The fourth-order valence-electron chi connectivity index (χ4n) is 2.59.